The maximum absolute atomic E-state index is 13.6. The Hall–Kier alpha value is -6.13. The van der Waals surface area contributed by atoms with Gasteiger partial charge in [-0.05, 0) is 74.7 Å². The highest BCUT2D eigenvalue weighted by atomic mass is 16.8. The number of allylic oxidation sites excluding steroid dienone is 1. The van der Waals surface area contributed by atoms with E-state index in [0.717, 1.165) is 16.7 Å². The molecule has 9 atom stereocenters. The van der Waals surface area contributed by atoms with Crippen LogP contribution < -0.4 is 20.5 Å². The van der Waals surface area contributed by atoms with E-state index in [2.05, 4.69) is 10.3 Å². The number of phenolic OH excluding ortho intramolecular Hbond substituents is 1. The molecular formula is C45H48N3O16+. The molecule has 0 saturated carbocycles. The predicted molar refractivity (Wildman–Crippen MR) is 224 cm³/mol. The number of aliphatic imine (C=N–C) groups is 1. The number of carbonyl (C=O) groups excluding carboxylic acids is 2. The number of esters is 1. The minimum atomic E-state index is -2.88. The van der Waals surface area contributed by atoms with Gasteiger partial charge >= 0.3 is 11.9 Å². The summed E-state index contributed by atoms with van der Waals surface area (Å²) in [5.41, 5.74) is 1.81. The summed E-state index contributed by atoms with van der Waals surface area (Å²) in [6.07, 6.45) is -8.32. The first-order valence-corrected chi connectivity index (χ1v) is 20.4. The Labute approximate surface area is 364 Å². The van der Waals surface area contributed by atoms with E-state index in [4.69, 9.17) is 23.5 Å². The summed E-state index contributed by atoms with van der Waals surface area (Å²) in [7, 11) is 0. The molecule has 0 spiro atoms. The minimum absolute atomic E-state index is 0.00152. The molecule has 1 saturated heterocycles. The van der Waals surface area contributed by atoms with Crippen LogP contribution in [0, 0.1) is 13.8 Å². The lowest BCUT2D eigenvalue weighted by atomic mass is 9.77. The van der Waals surface area contributed by atoms with Crippen molar-refractivity contribution >= 4 is 41.1 Å². The third kappa shape index (κ3) is 9.25. The fourth-order valence-electron chi connectivity index (χ4n) is 8.08. The molecule has 0 bridgehead atoms. The second-order valence-electron chi connectivity index (χ2n) is 15.7. The lowest BCUT2D eigenvalue weighted by Crippen LogP contribution is -3.09. The molecule has 3 aromatic carbocycles. The van der Waals surface area contributed by atoms with Crippen LogP contribution >= 0.6 is 0 Å². The number of aromatic hydroxyl groups is 1. The number of benzene rings is 3. The van der Waals surface area contributed by atoms with E-state index in [1.807, 2.05) is 32.0 Å². The molecule has 0 amide bonds. The average Bonchev–Trinajstić information content (AvgIpc) is 3.85. The first-order chi connectivity index (χ1) is 30.6. The second kappa shape index (κ2) is 19.3. The zero-order valence-corrected chi connectivity index (χ0v) is 34.6. The van der Waals surface area contributed by atoms with E-state index in [-0.39, 0.29) is 65.4 Å². The van der Waals surface area contributed by atoms with Crippen molar-refractivity contribution in [1.29, 1.82) is 0 Å². The van der Waals surface area contributed by atoms with Gasteiger partial charge in [0.1, 0.15) is 48.0 Å². The number of carboxylic acid groups (broad SMARTS) is 1. The number of aliphatic hydroxyl groups is 5. The van der Waals surface area contributed by atoms with E-state index in [0.29, 0.717) is 28.8 Å². The van der Waals surface area contributed by atoms with Crippen LogP contribution in [0.2, 0.25) is 0 Å². The number of aliphatic hydroxyl groups excluding tert-OH is 4. The molecule has 0 radical (unpaired) electrons. The third-order valence-electron chi connectivity index (χ3n) is 11.2. The normalized spacial score (nSPS) is 24.2. The maximum Gasteiger partial charge on any atom is 0.337 e. The van der Waals surface area contributed by atoms with Crippen LogP contribution in [0.15, 0.2) is 98.5 Å². The fourth-order valence-corrected chi connectivity index (χ4v) is 8.08. The number of aliphatic carboxylic acids is 1. The van der Waals surface area contributed by atoms with Crippen LogP contribution in [0.25, 0.3) is 27.8 Å². The van der Waals surface area contributed by atoms with Crippen molar-refractivity contribution in [3.63, 3.8) is 0 Å². The van der Waals surface area contributed by atoms with Gasteiger partial charge in [0.25, 0.3) is 0 Å². The van der Waals surface area contributed by atoms with Gasteiger partial charge in [0.15, 0.2) is 22.8 Å². The first kappa shape index (κ1) is 45.9. The zero-order valence-electron chi connectivity index (χ0n) is 34.6. The Morgan fingerprint density at radius 3 is 2.48 bits per heavy atom. The molecule has 0 aliphatic carbocycles. The molecular weight excluding hydrogens is 839 g/mol. The van der Waals surface area contributed by atoms with Crippen LogP contribution in [0.5, 0.6) is 11.5 Å². The van der Waals surface area contributed by atoms with E-state index in [1.54, 1.807) is 24.4 Å². The SMILES string of the molecule is Cc1cc(C)cc(C2=C3N=CC=C3C[NH+]2O[C@@H]2[C@@H](Oc3ccc4c(=O)c(-c5ccc(O)cc5)coc4c3)O[C@@H]([C@@H](O)OC(=O)[C@H](NCCC=O)C(=O)O)[C@H](O)[C@]2(O)[C@H](O)CCCO)c1. The zero-order chi connectivity index (χ0) is 45.9. The number of nitrogens with one attached hydrogen (secondary N) is 2. The predicted octanol–water partition coefficient (Wildman–Crippen LogP) is 0.183. The first-order valence-electron chi connectivity index (χ1n) is 20.4. The lowest BCUT2D eigenvalue weighted by molar-refractivity contribution is -1.04. The van der Waals surface area contributed by atoms with Crippen molar-refractivity contribution in [2.75, 3.05) is 19.7 Å². The maximum atomic E-state index is 13.6. The smallest absolute Gasteiger partial charge is 0.337 e. The van der Waals surface area contributed by atoms with Gasteiger partial charge in [-0.2, -0.15) is 9.90 Å². The van der Waals surface area contributed by atoms with Gasteiger partial charge in [0.05, 0.1) is 17.1 Å². The summed E-state index contributed by atoms with van der Waals surface area (Å²) in [6, 6.07) is 13.7. The Kier molecular flexibility index (Phi) is 13.8. The highest BCUT2D eigenvalue weighted by molar-refractivity contribution is 5.98. The number of carboxylic acids is 1. The summed E-state index contributed by atoms with van der Waals surface area (Å²) in [6.45, 7) is 3.27. The minimum Gasteiger partial charge on any atom is -0.508 e. The molecule has 3 aliphatic rings. The lowest BCUT2D eigenvalue weighted by Gasteiger charge is -2.51. The van der Waals surface area contributed by atoms with Crippen molar-refractivity contribution in [2.24, 2.45) is 4.99 Å². The van der Waals surface area contributed by atoms with Gasteiger partial charge in [-0.3, -0.25) is 10.1 Å². The third-order valence-corrected chi connectivity index (χ3v) is 11.2. The van der Waals surface area contributed by atoms with Crippen LogP contribution in [0.4, 0.5) is 0 Å². The van der Waals surface area contributed by atoms with Crippen molar-refractivity contribution in [3.8, 4) is 22.6 Å². The molecule has 4 heterocycles. The number of hydrogen-bond acceptors (Lipinski definition) is 17. The average molecular weight is 887 g/mol. The van der Waals surface area contributed by atoms with Crippen LogP contribution in [0.3, 0.4) is 0 Å². The summed E-state index contributed by atoms with van der Waals surface area (Å²) in [4.78, 5) is 60.8. The molecule has 19 heteroatoms. The molecule has 1 unspecified atom stereocenters. The van der Waals surface area contributed by atoms with Gasteiger partial charge in [0, 0.05) is 43.0 Å². The second-order valence-corrected chi connectivity index (χ2v) is 15.7. The van der Waals surface area contributed by atoms with E-state index < -0.39 is 72.6 Å². The van der Waals surface area contributed by atoms with Gasteiger partial charge in [-0.25, -0.2) is 14.6 Å². The monoisotopic (exact) mass is 886 g/mol. The number of hydrogen-bond donors (Lipinski definition) is 9. The van der Waals surface area contributed by atoms with Crippen molar-refractivity contribution in [1.82, 2.24) is 5.32 Å². The summed E-state index contributed by atoms with van der Waals surface area (Å²) in [5.74, 6) is -3.34. The Bertz CT molecular complexity index is 2530. The number of hydroxylamine groups is 2. The van der Waals surface area contributed by atoms with Gasteiger partial charge in [-0.1, -0.05) is 29.3 Å². The number of ether oxygens (including phenoxy) is 3. The Morgan fingerprint density at radius 1 is 1.06 bits per heavy atom. The van der Waals surface area contributed by atoms with Crippen molar-refractivity contribution < 1.29 is 78.7 Å². The molecule has 19 nitrogen and oxygen atoms in total. The summed E-state index contributed by atoms with van der Waals surface area (Å²) >= 11 is 0. The fraction of sp³-hybridized carbons (Fsp3) is 0.356. The highest BCUT2D eigenvalue weighted by Crippen LogP contribution is 2.39. The molecule has 4 aromatic rings. The summed E-state index contributed by atoms with van der Waals surface area (Å²) in [5, 5.41) is 79.9. The van der Waals surface area contributed by atoms with Crippen LogP contribution in [-0.4, -0.2) is 129 Å². The Balaban J connectivity index is 1.30. The summed E-state index contributed by atoms with van der Waals surface area (Å²) < 4.78 is 23.4. The molecule has 338 valence electrons. The number of rotatable bonds is 18. The molecule has 3 aliphatic heterocycles. The van der Waals surface area contributed by atoms with E-state index >= 15 is 0 Å². The van der Waals surface area contributed by atoms with Crippen molar-refractivity contribution in [2.45, 2.75) is 81.7 Å². The topological polar surface area (TPSA) is 289 Å². The van der Waals surface area contributed by atoms with E-state index in [1.165, 1.54) is 36.6 Å². The number of carbonyl (C=O) groups is 3. The quantitative estimate of drug-likeness (QED) is 0.0212. The molecule has 1 aromatic heterocycles. The van der Waals surface area contributed by atoms with Gasteiger partial charge in [0.2, 0.25) is 24.7 Å². The molecule has 7 rings (SSSR count). The number of phenols is 1. The number of quaternary nitrogens is 1. The molecule has 9 N–H and O–H groups in total. The number of aryl methyl sites for hydroxylation is 2. The standard InChI is InChI=1S/C45H47N3O16/c1-23-17-24(2)19-27(18-23)36-34-26(12-14-47-34)21-48(36)64-40-44(61-29-10-11-30-32(20-29)60-22-31(37(30)53)25-6-8-28(51)9-7-25)62-38(39(54)45(40,59)33(52)5-3-15-49)43(58)63-42(57)35(41(55)56)46-13-4-16-50/h6-12,14,16-20,22,33,35,38-40,43-44,46,49,51-52,54,58-59H,3-5,13,15,21H2,1-2H3,(H,55,56)/p+1/t33-,35-,38-,39+,40-,43+,44+,45-/m1/s1. The van der Waals surface area contributed by atoms with Gasteiger partial charge < -0.3 is 59.2 Å². The molecule has 1 fully saturated rings. The number of aldehydes is 1. The van der Waals surface area contributed by atoms with E-state index in [9.17, 15) is 54.9 Å². The number of fused-ring (bicyclic) bond motifs is 2. The largest absolute Gasteiger partial charge is 0.508 e. The van der Waals surface area contributed by atoms with Crippen LogP contribution in [0.1, 0.15) is 36.0 Å². The van der Waals surface area contributed by atoms with Crippen LogP contribution in [-0.2, 0) is 28.7 Å². The Morgan fingerprint density at radius 2 is 1.80 bits per heavy atom. The van der Waals surface area contributed by atoms with Gasteiger partial charge in [-0.15, -0.1) is 0 Å². The molecule has 64 heavy (non-hydrogen) atoms. The van der Waals surface area contributed by atoms with Crippen molar-refractivity contribution in [3.05, 3.63) is 111 Å². The number of nitrogens with zero attached hydrogens (tertiary/aromatic N) is 1. The highest BCUT2D eigenvalue weighted by Gasteiger charge is 2.65.